The standard InChI is InChI=1S/C15H13BrClF2N/c16-13-6-9(1-4-15(13)19)5-12(20)7-10-2-3-11(18)8-14(10)17/h1-4,6,8,12H,5,7,20H2. The van der Waals surface area contributed by atoms with Gasteiger partial charge in [0.15, 0.2) is 0 Å². The molecule has 0 aliphatic rings. The van der Waals surface area contributed by atoms with Gasteiger partial charge in [0, 0.05) is 11.1 Å². The first-order chi connectivity index (χ1) is 9.45. The summed E-state index contributed by atoms with van der Waals surface area (Å²) in [6, 6.07) is 8.92. The van der Waals surface area contributed by atoms with Gasteiger partial charge in [0.05, 0.1) is 4.47 Å². The van der Waals surface area contributed by atoms with Gasteiger partial charge in [0.25, 0.3) is 0 Å². The zero-order chi connectivity index (χ0) is 14.7. The Hall–Kier alpha value is -0.970. The first-order valence-electron chi connectivity index (χ1n) is 6.09. The zero-order valence-electron chi connectivity index (χ0n) is 10.5. The Morgan fingerprint density at radius 1 is 1.10 bits per heavy atom. The number of rotatable bonds is 4. The molecule has 2 aromatic rings. The fraction of sp³-hybridized carbons (Fsp3) is 0.200. The lowest BCUT2D eigenvalue weighted by Gasteiger charge is -2.13. The molecule has 106 valence electrons. The molecule has 0 amide bonds. The quantitative estimate of drug-likeness (QED) is 0.854. The van der Waals surface area contributed by atoms with E-state index in [0.29, 0.717) is 22.3 Å². The number of hydrogen-bond donors (Lipinski definition) is 1. The van der Waals surface area contributed by atoms with E-state index < -0.39 is 0 Å². The van der Waals surface area contributed by atoms with Gasteiger partial charge in [-0.25, -0.2) is 8.78 Å². The number of nitrogens with two attached hydrogens (primary N) is 1. The Bertz CT molecular complexity index is 619. The summed E-state index contributed by atoms with van der Waals surface area (Å²) in [5.41, 5.74) is 7.81. The van der Waals surface area contributed by atoms with Crippen LogP contribution in [0.3, 0.4) is 0 Å². The summed E-state index contributed by atoms with van der Waals surface area (Å²) >= 11 is 9.11. The van der Waals surface area contributed by atoms with Crippen LogP contribution in [-0.2, 0) is 12.8 Å². The van der Waals surface area contributed by atoms with Gasteiger partial charge in [-0.3, -0.25) is 0 Å². The average molecular weight is 361 g/mol. The molecule has 0 saturated carbocycles. The minimum absolute atomic E-state index is 0.171. The van der Waals surface area contributed by atoms with Gasteiger partial charge in [-0.15, -0.1) is 0 Å². The maximum atomic E-state index is 13.1. The third-order valence-corrected chi connectivity index (χ3v) is 3.94. The van der Waals surface area contributed by atoms with Crippen LogP contribution in [0.5, 0.6) is 0 Å². The van der Waals surface area contributed by atoms with Crippen molar-refractivity contribution in [1.82, 2.24) is 0 Å². The van der Waals surface area contributed by atoms with Crippen LogP contribution in [0.25, 0.3) is 0 Å². The third-order valence-electron chi connectivity index (χ3n) is 2.98. The highest BCUT2D eigenvalue weighted by atomic mass is 79.9. The highest BCUT2D eigenvalue weighted by molar-refractivity contribution is 9.10. The number of halogens is 4. The van der Waals surface area contributed by atoms with E-state index in [-0.39, 0.29) is 17.7 Å². The second kappa shape index (κ2) is 6.66. The summed E-state index contributed by atoms with van der Waals surface area (Å²) in [4.78, 5) is 0. The van der Waals surface area contributed by atoms with E-state index in [1.807, 2.05) is 0 Å². The molecule has 0 saturated heterocycles. The van der Waals surface area contributed by atoms with Crippen molar-refractivity contribution in [1.29, 1.82) is 0 Å². The molecule has 1 unspecified atom stereocenters. The Kier molecular flexibility index (Phi) is 5.13. The molecule has 2 N–H and O–H groups in total. The summed E-state index contributed by atoms with van der Waals surface area (Å²) < 4.78 is 26.5. The Labute approximate surface area is 129 Å². The third kappa shape index (κ3) is 4.01. The van der Waals surface area contributed by atoms with Crippen LogP contribution in [0.1, 0.15) is 11.1 Å². The van der Waals surface area contributed by atoms with Crippen LogP contribution in [0, 0.1) is 11.6 Å². The molecule has 0 aliphatic heterocycles. The fourth-order valence-electron chi connectivity index (χ4n) is 2.01. The molecule has 0 aromatic heterocycles. The Morgan fingerprint density at radius 2 is 1.85 bits per heavy atom. The molecule has 0 spiro atoms. The van der Waals surface area contributed by atoms with E-state index in [9.17, 15) is 8.78 Å². The van der Waals surface area contributed by atoms with Gasteiger partial charge in [0.2, 0.25) is 0 Å². The van der Waals surface area contributed by atoms with Gasteiger partial charge in [0.1, 0.15) is 11.6 Å². The molecule has 2 aromatic carbocycles. The zero-order valence-corrected chi connectivity index (χ0v) is 12.9. The molecule has 5 heteroatoms. The molecule has 0 radical (unpaired) electrons. The lowest BCUT2D eigenvalue weighted by Crippen LogP contribution is -2.25. The van der Waals surface area contributed by atoms with Crippen LogP contribution >= 0.6 is 27.5 Å². The van der Waals surface area contributed by atoms with Crippen molar-refractivity contribution in [2.45, 2.75) is 18.9 Å². The second-order valence-electron chi connectivity index (χ2n) is 4.65. The summed E-state index contributed by atoms with van der Waals surface area (Å²) in [7, 11) is 0. The molecule has 0 aliphatic carbocycles. The molecular weight excluding hydrogens is 348 g/mol. The maximum absolute atomic E-state index is 13.1. The van der Waals surface area contributed by atoms with Crippen molar-refractivity contribution in [2.24, 2.45) is 5.73 Å². The molecular formula is C15H13BrClF2N. The van der Waals surface area contributed by atoms with Crippen molar-refractivity contribution in [3.8, 4) is 0 Å². The molecule has 1 atom stereocenters. The van der Waals surface area contributed by atoms with Gasteiger partial charge in [-0.2, -0.15) is 0 Å². The van der Waals surface area contributed by atoms with Crippen molar-refractivity contribution in [2.75, 3.05) is 0 Å². The van der Waals surface area contributed by atoms with E-state index in [1.165, 1.54) is 18.2 Å². The summed E-state index contributed by atoms with van der Waals surface area (Å²) in [6.45, 7) is 0. The average Bonchev–Trinajstić information content (AvgIpc) is 2.37. The summed E-state index contributed by atoms with van der Waals surface area (Å²) in [6.07, 6.45) is 1.13. The molecule has 1 nitrogen and oxygen atoms in total. The molecule has 2 rings (SSSR count). The summed E-state index contributed by atoms with van der Waals surface area (Å²) in [5, 5.41) is 0.376. The molecule has 0 heterocycles. The highest BCUT2D eigenvalue weighted by Gasteiger charge is 2.10. The topological polar surface area (TPSA) is 26.0 Å². The normalized spacial score (nSPS) is 12.4. The van der Waals surface area contributed by atoms with Crippen LogP contribution in [0.2, 0.25) is 5.02 Å². The first-order valence-corrected chi connectivity index (χ1v) is 7.26. The van der Waals surface area contributed by atoms with Crippen LogP contribution in [0.4, 0.5) is 8.78 Å². The van der Waals surface area contributed by atoms with E-state index >= 15 is 0 Å². The maximum Gasteiger partial charge on any atom is 0.137 e. The summed E-state index contributed by atoms with van der Waals surface area (Å²) in [5.74, 6) is -0.668. The smallest absolute Gasteiger partial charge is 0.137 e. The monoisotopic (exact) mass is 359 g/mol. The molecule has 0 bridgehead atoms. The van der Waals surface area contributed by atoms with Gasteiger partial charge >= 0.3 is 0 Å². The predicted octanol–water partition coefficient (Wildman–Crippen LogP) is 4.49. The van der Waals surface area contributed by atoms with Crippen molar-refractivity contribution in [3.05, 3.63) is 68.7 Å². The van der Waals surface area contributed by atoms with Crippen LogP contribution in [-0.4, -0.2) is 6.04 Å². The second-order valence-corrected chi connectivity index (χ2v) is 5.91. The van der Waals surface area contributed by atoms with Crippen LogP contribution in [0.15, 0.2) is 40.9 Å². The first kappa shape index (κ1) is 15.4. The van der Waals surface area contributed by atoms with Gasteiger partial charge in [-0.05, 0) is 64.2 Å². The SMILES string of the molecule is NC(Cc1ccc(F)c(Br)c1)Cc1ccc(F)cc1Cl. The Morgan fingerprint density at radius 3 is 2.50 bits per heavy atom. The van der Waals surface area contributed by atoms with E-state index in [2.05, 4.69) is 15.9 Å². The Balaban J connectivity index is 2.04. The lowest BCUT2D eigenvalue weighted by molar-refractivity contribution is 0.616. The van der Waals surface area contributed by atoms with Crippen molar-refractivity contribution in [3.63, 3.8) is 0 Å². The van der Waals surface area contributed by atoms with E-state index in [1.54, 1.807) is 18.2 Å². The van der Waals surface area contributed by atoms with Crippen molar-refractivity contribution >= 4 is 27.5 Å². The predicted molar refractivity (Wildman–Crippen MR) is 80.9 cm³/mol. The van der Waals surface area contributed by atoms with Crippen LogP contribution < -0.4 is 5.73 Å². The fourth-order valence-corrected chi connectivity index (χ4v) is 2.68. The molecule has 20 heavy (non-hydrogen) atoms. The van der Waals surface area contributed by atoms with E-state index in [4.69, 9.17) is 17.3 Å². The minimum Gasteiger partial charge on any atom is -0.327 e. The van der Waals surface area contributed by atoms with Crippen molar-refractivity contribution < 1.29 is 8.78 Å². The largest absolute Gasteiger partial charge is 0.327 e. The lowest BCUT2D eigenvalue weighted by atomic mass is 9.99. The highest BCUT2D eigenvalue weighted by Crippen LogP contribution is 2.21. The number of hydrogen-bond acceptors (Lipinski definition) is 1. The molecule has 0 fully saturated rings. The number of benzene rings is 2. The van der Waals surface area contributed by atoms with E-state index in [0.717, 1.165) is 11.1 Å². The minimum atomic E-state index is -0.366. The van der Waals surface area contributed by atoms with Gasteiger partial charge < -0.3 is 5.73 Å². The van der Waals surface area contributed by atoms with Gasteiger partial charge in [-0.1, -0.05) is 23.7 Å².